The van der Waals surface area contributed by atoms with Crippen LogP contribution in [0.25, 0.3) is 10.8 Å². The summed E-state index contributed by atoms with van der Waals surface area (Å²) in [6, 6.07) is 12.5. The lowest BCUT2D eigenvalue weighted by molar-refractivity contribution is 0.0241. The van der Waals surface area contributed by atoms with Crippen LogP contribution in [0.3, 0.4) is 0 Å². The first-order chi connectivity index (χ1) is 12.2. The van der Waals surface area contributed by atoms with Gasteiger partial charge in [0.2, 0.25) is 0 Å². The van der Waals surface area contributed by atoms with Crippen LogP contribution >= 0.6 is 0 Å². The lowest BCUT2D eigenvalue weighted by atomic mass is 10.1. The molecule has 2 aromatic carbocycles. The largest absolute Gasteiger partial charge is 0.444 e. The van der Waals surface area contributed by atoms with Gasteiger partial charge in [0.05, 0.1) is 10.6 Å². The van der Waals surface area contributed by atoms with E-state index in [1.807, 2.05) is 51.1 Å². The number of fused-ring (bicyclic) bond motifs is 1. The van der Waals surface area contributed by atoms with Gasteiger partial charge in [0.1, 0.15) is 5.60 Å². The van der Waals surface area contributed by atoms with E-state index in [4.69, 9.17) is 4.74 Å². The number of carbonyl (C=O) groups excluding carboxylic acids is 1. The van der Waals surface area contributed by atoms with E-state index in [-0.39, 0.29) is 11.8 Å². The summed E-state index contributed by atoms with van der Waals surface area (Å²) in [5, 5.41) is 1.90. The Morgan fingerprint density at radius 3 is 2.54 bits per heavy atom. The minimum Gasteiger partial charge on any atom is -0.444 e. The van der Waals surface area contributed by atoms with Gasteiger partial charge in [-0.15, -0.1) is 0 Å². The lowest BCUT2D eigenvalue weighted by Crippen LogP contribution is -2.42. The summed E-state index contributed by atoms with van der Waals surface area (Å²) >= 11 is 0. The zero-order valence-corrected chi connectivity index (χ0v) is 16.3. The van der Waals surface area contributed by atoms with Crippen LogP contribution in [0.2, 0.25) is 0 Å². The summed E-state index contributed by atoms with van der Waals surface area (Å²) in [7, 11) is -3.49. The predicted molar refractivity (Wildman–Crippen MR) is 102 cm³/mol. The van der Waals surface area contributed by atoms with E-state index in [1.54, 1.807) is 17.0 Å². The van der Waals surface area contributed by atoms with Gasteiger partial charge in [0.15, 0.2) is 9.84 Å². The second-order valence-electron chi connectivity index (χ2n) is 7.76. The molecule has 0 N–H and O–H groups in total. The lowest BCUT2D eigenvalue weighted by Gasteiger charge is -2.28. The molecule has 140 valence electrons. The smallest absolute Gasteiger partial charge is 0.410 e. The van der Waals surface area contributed by atoms with Crippen LogP contribution in [0.1, 0.15) is 33.6 Å². The Balaban J connectivity index is 1.80. The molecule has 1 fully saturated rings. The van der Waals surface area contributed by atoms with E-state index in [1.165, 1.54) is 0 Å². The predicted octanol–water partition coefficient (Wildman–Crippen LogP) is 4.01. The molecule has 1 aliphatic rings. The number of hydrogen-bond donors (Lipinski definition) is 0. The summed E-state index contributed by atoms with van der Waals surface area (Å²) in [6.07, 6.45) is 1.03. The molecule has 5 nitrogen and oxygen atoms in total. The second-order valence-corrected chi connectivity index (χ2v) is 9.79. The first kappa shape index (κ1) is 18.7. The first-order valence-corrected chi connectivity index (χ1v) is 10.5. The summed E-state index contributed by atoms with van der Waals surface area (Å²) in [6.45, 7) is 5.96. The number of sulfone groups is 1. The SMILES string of the molecule is CC(C)(C)OC(=O)N1CCC[C@H]1CS(=O)(=O)c1ccc2ccccc2c1. The zero-order chi connectivity index (χ0) is 18.9. The van der Waals surface area contributed by atoms with E-state index >= 15 is 0 Å². The third kappa shape index (κ3) is 4.18. The van der Waals surface area contributed by atoms with Crippen molar-refractivity contribution in [3.05, 3.63) is 42.5 Å². The average Bonchev–Trinajstić information content (AvgIpc) is 3.00. The Morgan fingerprint density at radius 2 is 1.85 bits per heavy atom. The van der Waals surface area contributed by atoms with Crippen molar-refractivity contribution < 1.29 is 17.9 Å². The molecule has 0 aliphatic carbocycles. The minimum absolute atomic E-state index is 0.0788. The third-order valence-corrected chi connectivity index (χ3v) is 6.29. The monoisotopic (exact) mass is 375 g/mol. The van der Waals surface area contributed by atoms with Crippen molar-refractivity contribution in [2.75, 3.05) is 12.3 Å². The van der Waals surface area contributed by atoms with Gasteiger partial charge in [0.25, 0.3) is 0 Å². The van der Waals surface area contributed by atoms with Crippen LogP contribution in [0.4, 0.5) is 4.79 Å². The second kappa shape index (κ2) is 6.91. The number of amides is 1. The standard InChI is InChI=1S/C20H25NO4S/c1-20(2,3)25-19(22)21-12-6-9-17(21)14-26(23,24)18-11-10-15-7-4-5-8-16(15)13-18/h4-5,7-8,10-11,13,17H,6,9,12,14H2,1-3H3/t17-/m0/s1. The molecule has 0 radical (unpaired) electrons. The molecule has 0 bridgehead atoms. The van der Waals surface area contributed by atoms with Crippen molar-refractivity contribution in [2.45, 2.75) is 50.2 Å². The maximum Gasteiger partial charge on any atom is 0.410 e. The van der Waals surface area contributed by atoms with Crippen molar-refractivity contribution in [1.82, 2.24) is 4.90 Å². The van der Waals surface area contributed by atoms with E-state index in [0.29, 0.717) is 17.9 Å². The van der Waals surface area contributed by atoms with Crippen LogP contribution < -0.4 is 0 Å². The van der Waals surface area contributed by atoms with Crippen LogP contribution in [0, 0.1) is 0 Å². The summed E-state index contributed by atoms with van der Waals surface area (Å²) in [5.74, 6) is -0.0788. The van der Waals surface area contributed by atoms with Crippen molar-refractivity contribution >= 4 is 26.7 Å². The highest BCUT2D eigenvalue weighted by molar-refractivity contribution is 7.91. The van der Waals surface area contributed by atoms with E-state index in [0.717, 1.165) is 17.2 Å². The Kier molecular flexibility index (Phi) is 4.97. The van der Waals surface area contributed by atoms with E-state index in [2.05, 4.69) is 0 Å². The molecular formula is C20H25NO4S. The molecule has 1 saturated heterocycles. The van der Waals surface area contributed by atoms with Gasteiger partial charge in [0, 0.05) is 12.6 Å². The number of nitrogens with zero attached hydrogens (tertiary/aromatic N) is 1. The molecule has 1 aliphatic heterocycles. The molecule has 0 aromatic heterocycles. The van der Waals surface area contributed by atoms with Crippen LogP contribution in [-0.2, 0) is 14.6 Å². The van der Waals surface area contributed by atoms with Crippen LogP contribution in [0.5, 0.6) is 0 Å². The third-order valence-electron chi connectivity index (χ3n) is 4.50. The quantitative estimate of drug-likeness (QED) is 0.813. The molecule has 0 saturated carbocycles. The molecule has 1 amide bonds. The molecule has 0 spiro atoms. The number of benzene rings is 2. The van der Waals surface area contributed by atoms with Crippen molar-refractivity contribution in [1.29, 1.82) is 0 Å². The summed E-state index contributed by atoms with van der Waals surface area (Å²) < 4.78 is 31.2. The molecule has 26 heavy (non-hydrogen) atoms. The first-order valence-electron chi connectivity index (χ1n) is 8.87. The Labute approximate surface area is 154 Å². The highest BCUT2D eigenvalue weighted by Gasteiger charge is 2.35. The highest BCUT2D eigenvalue weighted by Crippen LogP contribution is 2.26. The van der Waals surface area contributed by atoms with Gasteiger partial charge in [-0.2, -0.15) is 0 Å². The van der Waals surface area contributed by atoms with Crippen LogP contribution in [-0.4, -0.2) is 43.4 Å². The topological polar surface area (TPSA) is 63.7 Å². The average molecular weight is 375 g/mol. The molecule has 1 heterocycles. The molecule has 3 rings (SSSR count). The van der Waals surface area contributed by atoms with Crippen molar-refractivity contribution in [2.24, 2.45) is 0 Å². The maximum atomic E-state index is 12.9. The number of rotatable bonds is 3. The van der Waals surface area contributed by atoms with E-state index in [9.17, 15) is 13.2 Å². The highest BCUT2D eigenvalue weighted by atomic mass is 32.2. The van der Waals surface area contributed by atoms with Gasteiger partial charge in [-0.25, -0.2) is 13.2 Å². The fraction of sp³-hybridized carbons (Fsp3) is 0.450. The van der Waals surface area contributed by atoms with Crippen LogP contribution in [0.15, 0.2) is 47.4 Å². The van der Waals surface area contributed by atoms with Gasteiger partial charge < -0.3 is 9.64 Å². The molecular weight excluding hydrogens is 350 g/mol. The fourth-order valence-corrected chi connectivity index (χ4v) is 4.91. The molecule has 0 unspecified atom stereocenters. The maximum absolute atomic E-state index is 12.9. The Hall–Kier alpha value is -2.08. The van der Waals surface area contributed by atoms with Crippen molar-refractivity contribution in [3.63, 3.8) is 0 Å². The summed E-state index contributed by atoms with van der Waals surface area (Å²) in [5.41, 5.74) is -0.596. The van der Waals surface area contributed by atoms with E-state index < -0.39 is 21.5 Å². The van der Waals surface area contributed by atoms with Gasteiger partial charge in [-0.05, 0) is 56.5 Å². The fourth-order valence-electron chi connectivity index (χ4n) is 3.28. The van der Waals surface area contributed by atoms with Gasteiger partial charge >= 0.3 is 6.09 Å². The summed E-state index contributed by atoms with van der Waals surface area (Å²) in [4.78, 5) is 14.2. The zero-order valence-electron chi connectivity index (χ0n) is 15.4. The Morgan fingerprint density at radius 1 is 1.15 bits per heavy atom. The number of carbonyl (C=O) groups is 1. The number of hydrogen-bond acceptors (Lipinski definition) is 4. The molecule has 2 aromatic rings. The molecule has 1 atom stereocenters. The number of ether oxygens (including phenoxy) is 1. The molecule has 6 heteroatoms. The minimum atomic E-state index is -3.49. The number of likely N-dealkylation sites (tertiary alicyclic amines) is 1. The van der Waals surface area contributed by atoms with Gasteiger partial charge in [-0.3, -0.25) is 0 Å². The Bertz CT molecular complexity index is 915. The normalized spacial score (nSPS) is 18.3. The van der Waals surface area contributed by atoms with Crippen molar-refractivity contribution in [3.8, 4) is 0 Å². The van der Waals surface area contributed by atoms with Gasteiger partial charge in [-0.1, -0.05) is 30.3 Å².